The molecule has 1 aliphatic heterocycles. The van der Waals surface area contributed by atoms with Crippen LogP contribution in [0.2, 0.25) is 0 Å². The van der Waals surface area contributed by atoms with Crippen molar-refractivity contribution in [3.63, 3.8) is 0 Å². The van der Waals surface area contributed by atoms with Crippen molar-refractivity contribution in [1.29, 1.82) is 0 Å². The second-order valence-electron chi connectivity index (χ2n) is 11.8. The molecule has 0 N–H and O–H groups in total. The van der Waals surface area contributed by atoms with Gasteiger partial charge >= 0.3 is 0 Å². The fourth-order valence-corrected chi connectivity index (χ4v) is 6.84. The van der Waals surface area contributed by atoms with Crippen LogP contribution in [0.15, 0.2) is 162 Å². The Bertz CT molecular complexity index is 2470. The van der Waals surface area contributed by atoms with Gasteiger partial charge in [-0.2, -0.15) is 0 Å². The first-order valence-electron chi connectivity index (χ1n) is 15.7. The Morgan fingerprint density at radius 3 is 2.21 bits per heavy atom. The van der Waals surface area contributed by atoms with E-state index in [0.717, 1.165) is 72.3 Å². The van der Waals surface area contributed by atoms with Gasteiger partial charge in [-0.05, 0) is 89.0 Å². The molecule has 1 unspecified atom stereocenters. The lowest BCUT2D eigenvalue weighted by Crippen LogP contribution is -2.27. The third-order valence-corrected chi connectivity index (χ3v) is 9.14. The summed E-state index contributed by atoms with van der Waals surface area (Å²) in [5.74, 6) is 0. The standard InChI is InChI=1S/C41H29N5O/c1-45-38(29-11-9-27(10-12-29)28-15-20-42-21-16-28)26-35(44-41(45)31-17-22-43-23-18-31)32-5-4-6-33(25-32)46-36-8-3-2-7-34(36)39-37(46)14-13-30-19-24-47-40(30)39/h2-26,41H,1H3. The first-order chi connectivity index (χ1) is 23.2. The highest BCUT2D eigenvalue weighted by atomic mass is 16.3. The third-order valence-electron chi connectivity index (χ3n) is 9.14. The number of pyridine rings is 2. The van der Waals surface area contributed by atoms with Crippen LogP contribution in [0, 0.1) is 0 Å². The summed E-state index contributed by atoms with van der Waals surface area (Å²) in [5, 5.41) is 3.39. The lowest BCUT2D eigenvalue weighted by Gasteiger charge is -2.34. The number of furan rings is 1. The SMILES string of the molecule is CN1C(c2ccc(-c3ccncc3)cc2)=CC(c2cccc(-n3c4ccccc4c4c5occc5ccc43)c2)=NC1c1ccncc1. The van der Waals surface area contributed by atoms with E-state index >= 15 is 0 Å². The lowest BCUT2D eigenvalue weighted by molar-refractivity contribution is 0.364. The maximum absolute atomic E-state index is 6.01. The maximum atomic E-state index is 6.01. The largest absolute Gasteiger partial charge is 0.464 e. The molecule has 0 bridgehead atoms. The molecular weight excluding hydrogens is 578 g/mol. The average molecular weight is 608 g/mol. The Morgan fingerprint density at radius 1 is 0.638 bits per heavy atom. The summed E-state index contributed by atoms with van der Waals surface area (Å²) in [7, 11) is 2.11. The zero-order chi connectivity index (χ0) is 31.3. The molecule has 1 atom stereocenters. The Kier molecular flexibility index (Phi) is 6.32. The summed E-state index contributed by atoms with van der Waals surface area (Å²) in [6.07, 6.45) is 11.1. The van der Waals surface area contributed by atoms with Gasteiger partial charge in [0, 0.05) is 59.6 Å². The maximum Gasteiger partial charge on any atom is 0.147 e. The normalized spacial score (nSPS) is 14.9. The monoisotopic (exact) mass is 607 g/mol. The first-order valence-corrected chi connectivity index (χ1v) is 15.7. The average Bonchev–Trinajstić information content (AvgIpc) is 3.75. The molecule has 5 heterocycles. The predicted octanol–water partition coefficient (Wildman–Crippen LogP) is 9.46. The number of hydrogen-bond acceptors (Lipinski definition) is 5. The van der Waals surface area contributed by atoms with Crippen molar-refractivity contribution in [3.05, 3.63) is 169 Å². The van der Waals surface area contributed by atoms with Crippen molar-refractivity contribution in [1.82, 2.24) is 19.4 Å². The van der Waals surface area contributed by atoms with E-state index in [4.69, 9.17) is 9.41 Å². The van der Waals surface area contributed by atoms with E-state index < -0.39 is 0 Å². The lowest BCUT2D eigenvalue weighted by atomic mass is 9.98. The van der Waals surface area contributed by atoms with Gasteiger partial charge < -0.3 is 13.9 Å². The van der Waals surface area contributed by atoms with Crippen LogP contribution < -0.4 is 0 Å². The minimum Gasteiger partial charge on any atom is -0.464 e. The Hall–Kier alpha value is -6.27. The zero-order valence-electron chi connectivity index (χ0n) is 25.7. The van der Waals surface area contributed by atoms with Gasteiger partial charge in [-0.15, -0.1) is 0 Å². The van der Waals surface area contributed by atoms with Crippen molar-refractivity contribution in [2.24, 2.45) is 4.99 Å². The number of aliphatic imine (C=N–C) groups is 1. The fraction of sp³-hybridized carbons (Fsp3) is 0.0488. The van der Waals surface area contributed by atoms with Crippen LogP contribution in [-0.4, -0.2) is 32.2 Å². The van der Waals surface area contributed by atoms with Crippen molar-refractivity contribution < 1.29 is 4.42 Å². The van der Waals surface area contributed by atoms with Crippen LogP contribution >= 0.6 is 0 Å². The predicted molar refractivity (Wildman–Crippen MR) is 189 cm³/mol. The Morgan fingerprint density at radius 2 is 1.38 bits per heavy atom. The molecule has 9 rings (SSSR count). The molecule has 0 spiro atoms. The molecule has 0 aliphatic carbocycles. The molecule has 6 heteroatoms. The van der Waals surface area contributed by atoms with Gasteiger partial charge in [-0.3, -0.25) is 15.0 Å². The molecule has 4 aromatic carbocycles. The number of rotatable bonds is 5. The van der Waals surface area contributed by atoms with E-state index in [-0.39, 0.29) is 6.17 Å². The van der Waals surface area contributed by atoms with Crippen molar-refractivity contribution in [3.8, 4) is 16.8 Å². The van der Waals surface area contributed by atoms with Crippen LogP contribution in [0.1, 0.15) is 22.9 Å². The number of benzene rings is 4. The van der Waals surface area contributed by atoms with E-state index in [0.29, 0.717) is 0 Å². The highest BCUT2D eigenvalue weighted by molar-refractivity contribution is 6.19. The minimum absolute atomic E-state index is 0.211. The van der Waals surface area contributed by atoms with Crippen LogP contribution in [0.3, 0.4) is 0 Å². The Labute approximate surface area is 271 Å². The molecule has 224 valence electrons. The molecule has 4 aromatic heterocycles. The van der Waals surface area contributed by atoms with E-state index in [9.17, 15) is 0 Å². The number of hydrogen-bond donors (Lipinski definition) is 0. The summed E-state index contributed by atoms with van der Waals surface area (Å²) in [6, 6.07) is 40.4. The van der Waals surface area contributed by atoms with Gasteiger partial charge in [0.1, 0.15) is 11.7 Å². The fourth-order valence-electron chi connectivity index (χ4n) is 6.84. The van der Waals surface area contributed by atoms with Crippen LogP contribution in [0.5, 0.6) is 0 Å². The number of allylic oxidation sites excluding steroid dienone is 1. The van der Waals surface area contributed by atoms with Crippen LogP contribution in [0.25, 0.3) is 55.3 Å². The van der Waals surface area contributed by atoms with E-state index in [1.807, 2.05) is 55.1 Å². The van der Waals surface area contributed by atoms with Gasteiger partial charge in [-0.25, -0.2) is 0 Å². The summed E-state index contributed by atoms with van der Waals surface area (Å²) in [6.45, 7) is 0. The second kappa shape index (κ2) is 11.0. The number of aromatic nitrogens is 3. The van der Waals surface area contributed by atoms with Gasteiger partial charge in [0.25, 0.3) is 0 Å². The topological polar surface area (TPSA) is 59.5 Å². The van der Waals surface area contributed by atoms with E-state index in [1.54, 1.807) is 6.26 Å². The van der Waals surface area contributed by atoms with Gasteiger partial charge in [0.2, 0.25) is 0 Å². The van der Waals surface area contributed by atoms with Gasteiger partial charge in [0.15, 0.2) is 0 Å². The van der Waals surface area contributed by atoms with Crippen molar-refractivity contribution >= 4 is 44.2 Å². The highest BCUT2D eigenvalue weighted by Crippen LogP contribution is 2.38. The zero-order valence-corrected chi connectivity index (χ0v) is 25.7. The van der Waals surface area contributed by atoms with E-state index in [1.165, 1.54) is 5.39 Å². The minimum atomic E-state index is -0.211. The summed E-state index contributed by atoms with van der Waals surface area (Å²) < 4.78 is 8.33. The molecule has 47 heavy (non-hydrogen) atoms. The third kappa shape index (κ3) is 4.53. The van der Waals surface area contributed by atoms with Crippen molar-refractivity contribution in [2.45, 2.75) is 6.17 Å². The van der Waals surface area contributed by atoms with Gasteiger partial charge in [-0.1, -0.05) is 54.6 Å². The smallest absolute Gasteiger partial charge is 0.147 e. The molecule has 0 saturated heterocycles. The highest BCUT2D eigenvalue weighted by Gasteiger charge is 2.26. The van der Waals surface area contributed by atoms with E-state index in [2.05, 4.69) is 117 Å². The number of fused-ring (bicyclic) bond motifs is 5. The second-order valence-corrected chi connectivity index (χ2v) is 11.8. The van der Waals surface area contributed by atoms with Gasteiger partial charge in [0.05, 0.1) is 28.4 Å². The molecule has 0 radical (unpaired) electrons. The summed E-state index contributed by atoms with van der Waals surface area (Å²) >= 11 is 0. The molecule has 6 nitrogen and oxygen atoms in total. The molecule has 0 saturated carbocycles. The molecular formula is C41H29N5O. The van der Waals surface area contributed by atoms with Crippen LogP contribution in [-0.2, 0) is 0 Å². The number of para-hydroxylation sites is 1. The number of nitrogens with zero attached hydrogens (tertiary/aromatic N) is 5. The summed E-state index contributed by atoms with van der Waals surface area (Å²) in [4.78, 5) is 16.0. The quantitative estimate of drug-likeness (QED) is 0.196. The summed E-state index contributed by atoms with van der Waals surface area (Å²) in [5.41, 5.74) is 11.8. The van der Waals surface area contributed by atoms with Crippen LogP contribution in [0.4, 0.5) is 0 Å². The molecule has 0 fully saturated rings. The molecule has 8 aromatic rings. The first kappa shape index (κ1) is 27.1. The molecule has 0 amide bonds. The van der Waals surface area contributed by atoms with Crippen molar-refractivity contribution in [2.75, 3.05) is 7.05 Å². The molecule has 1 aliphatic rings. The Balaban J connectivity index is 1.19.